The molecule has 14 heavy (non-hydrogen) atoms. The van der Waals surface area contributed by atoms with E-state index in [-0.39, 0.29) is 12.5 Å². The lowest BCUT2D eigenvalue weighted by Gasteiger charge is -2.15. The fourth-order valence-electron chi connectivity index (χ4n) is 1.81. The van der Waals surface area contributed by atoms with Crippen LogP contribution in [0, 0.1) is 5.92 Å². The van der Waals surface area contributed by atoms with Crippen molar-refractivity contribution in [2.45, 2.75) is 13.3 Å². The number of likely N-dealkylation sites (tertiary alicyclic amines) is 1. The monoisotopic (exact) mass is 200 g/mol. The number of carbonyl (C=O) groups is 1. The standard InChI is InChI=1S/C10H20N2O2/c1-9(14)10-2-5-12(8-10)6-3-11-4-7-13/h10-11,13H,2-8H2,1H3. The van der Waals surface area contributed by atoms with Crippen molar-refractivity contribution in [2.24, 2.45) is 5.92 Å². The molecule has 1 rings (SSSR count). The van der Waals surface area contributed by atoms with Gasteiger partial charge >= 0.3 is 0 Å². The van der Waals surface area contributed by atoms with Gasteiger partial charge in [0.15, 0.2) is 0 Å². The molecule has 1 unspecified atom stereocenters. The van der Waals surface area contributed by atoms with Gasteiger partial charge in [-0.2, -0.15) is 0 Å². The molecule has 0 aromatic rings. The zero-order valence-corrected chi connectivity index (χ0v) is 8.83. The number of rotatable bonds is 6. The van der Waals surface area contributed by atoms with Gasteiger partial charge < -0.3 is 15.3 Å². The molecule has 0 amide bonds. The molecular formula is C10H20N2O2. The van der Waals surface area contributed by atoms with Crippen molar-refractivity contribution < 1.29 is 9.90 Å². The second-order valence-electron chi connectivity index (χ2n) is 3.87. The molecule has 1 heterocycles. The lowest BCUT2D eigenvalue weighted by Crippen LogP contribution is -2.32. The highest BCUT2D eigenvalue weighted by Crippen LogP contribution is 2.15. The number of hydrogen-bond donors (Lipinski definition) is 2. The van der Waals surface area contributed by atoms with Gasteiger partial charge in [-0.1, -0.05) is 0 Å². The van der Waals surface area contributed by atoms with E-state index in [9.17, 15) is 4.79 Å². The van der Waals surface area contributed by atoms with Crippen molar-refractivity contribution in [3.05, 3.63) is 0 Å². The maximum atomic E-state index is 11.1. The Labute approximate surface area is 85.3 Å². The summed E-state index contributed by atoms with van der Waals surface area (Å²) in [7, 11) is 0. The summed E-state index contributed by atoms with van der Waals surface area (Å²) in [5, 5.41) is 11.7. The van der Waals surface area contributed by atoms with Crippen molar-refractivity contribution in [3.8, 4) is 0 Å². The number of Topliss-reactive ketones (excluding diaryl/α,β-unsaturated/α-hetero) is 1. The van der Waals surface area contributed by atoms with E-state index in [4.69, 9.17) is 5.11 Å². The van der Waals surface area contributed by atoms with Crippen molar-refractivity contribution in [2.75, 3.05) is 39.3 Å². The Hall–Kier alpha value is -0.450. The summed E-state index contributed by atoms with van der Waals surface area (Å²) in [6, 6.07) is 0. The first-order valence-corrected chi connectivity index (χ1v) is 5.28. The van der Waals surface area contributed by atoms with Crippen LogP contribution >= 0.6 is 0 Å². The van der Waals surface area contributed by atoms with Gasteiger partial charge in [0.2, 0.25) is 0 Å². The number of carbonyl (C=O) groups excluding carboxylic acids is 1. The number of nitrogens with one attached hydrogen (secondary N) is 1. The Morgan fingerprint density at radius 1 is 1.57 bits per heavy atom. The average Bonchev–Trinajstić information content (AvgIpc) is 2.61. The molecule has 1 fully saturated rings. The fraction of sp³-hybridized carbons (Fsp3) is 0.900. The molecule has 0 radical (unpaired) electrons. The molecular weight excluding hydrogens is 180 g/mol. The van der Waals surface area contributed by atoms with Gasteiger partial charge in [0.05, 0.1) is 6.61 Å². The molecule has 2 N–H and O–H groups in total. The molecule has 0 aromatic heterocycles. The van der Waals surface area contributed by atoms with Crippen LogP contribution in [0.5, 0.6) is 0 Å². The molecule has 0 bridgehead atoms. The lowest BCUT2D eigenvalue weighted by molar-refractivity contribution is -0.120. The third-order valence-corrected chi connectivity index (χ3v) is 2.74. The summed E-state index contributed by atoms with van der Waals surface area (Å²) < 4.78 is 0. The third-order valence-electron chi connectivity index (χ3n) is 2.74. The molecule has 4 heteroatoms. The zero-order valence-electron chi connectivity index (χ0n) is 8.83. The quantitative estimate of drug-likeness (QED) is 0.566. The van der Waals surface area contributed by atoms with Crippen LogP contribution in [0.1, 0.15) is 13.3 Å². The molecule has 1 aliphatic rings. The Morgan fingerprint density at radius 2 is 2.36 bits per heavy atom. The van der Waals surface area contributed by atoms with Gasteiger partial charge in [-0.05, 0) is 19.9 Å². The smallest absolute Gasteiger partial charge is 0.134 e. The van der Waals surface area contributed by atoms with Crippen LogP contribution in [0.25, 0.3) is 0 Å². The van der Waals surface area contributed by atoms with Crippen LogP contribution in [0.15, 0.2) is 0 Å². The predicted molar refractivity (Wildman–Crippen MR) is 55.2 cm³/mol. The molecule has 1 aliphatic heterocycles. The van der Waals surface area contributed by atoms with Gasteiger partial charge in [0.1, 0.15) is 5.78 Å². The minimum absolute atomic E-state index is 0.191. The second kappa shape index (κ2) is 6.11. The minimum atomic E-state index is 0.191. The van der Waals surface area contributed by atoms with Gasteiger partial charge in [-0.25, -0.2) is 0 Å². The molecule has 1 atom stereocenters. The largest absolute Gasteiger partial charge is 0.395 e. The van der Waals surface area contributed by atoms with E-state index in [1.165, 1.54) is 0 Å². The first kappa shape index (κ1) is 11.6. The number of aliphatic hydroxyl groups excluding tert-OH is 1. The topological polar surface area (TPSA) is 52.6 Å². The first-order chi connectivity index (χ1) is 6.74. The molecule has 0 spiro atoms. The summed E-state index contributed by atoms with van der Waals surface area (Å²) in [5.74, 6) is 0.573. The maximum absolute atomic E-state index is 11.1. The molecule has 0 aromatic carbocycles. The number of aliphatic hydroxyl groups is 1. The zero-order chi connectivity index (χ0) is 10.4. The third kappa shape index (κ3) is 3.74. The van der Waals surface area contributed by atoms with E-state index in [0.29, 0.717) is 12.3 Å². The fourth-order valence-corrected chi connectivity index (χ4v) is 1.81. The van der Waals surface area contributed by atoms with Crippen LogP contribution in [0.2, 0.25) is 0 Å². The maximum Gasteiger partial charge on any atom is 0.134 e. The van der Waals surface area contributed by atoms with Crippen molar-refractivity contribution in [1.29, 1.82) is 0 Å². The molecule has 0 aliphatic carbocycles. The van der Waals surface area contributed by atoms with Gasteiger partial charge in [0, 0.05) is 32.1 Å². The highest BCUT2D eigenvalue weighted by molar-refractivity contribution is 5.78. The molecule has 0 saturated carbocycles. The van der Waals surface area contributed by atoms with E-state index >= 15 is 0 Å². The van der Waals surface area contributed by atoms with E-state index in [2.05, 4.69) is 10.2 Å². The number of nitrogens with zero attached hydrogens (tertiary/aromatic N) is 1. The Bertz CT molecular complexity index is 185. The summed E-state index contributed by atoms with van der Waals surface area (Å²) in [4.78, 5) is 13.4. The van der Waals surface area contributed by atoms with E-state index in [0.717, 1.165) is 32.6 Å². The summed E-state index contributed by atoms with van der Waals surface area (Å²) >= 11 is 0. The predicted octanol–water partition coefficient (Wildman–Crippen LogP) is -0.521. The van der Waals surface area contributed by atoms with Crippen molar-refractivity contribution >= 4 is 5.78 Å². The molecule has 82 valence electrons. The van der Waals surface area contributed by atoms with Gasteiger partial charge in [-0.15, -0.1) is 0 Å². The van der Waals surface area contributed by atoms with E-state index < -0.39 is 0 Å². The van der Waals surface area contributed by atoms with Crippen LogP contribution in [-0.2, 0) is 4.79 Å². The Kier molecular flexibility index (Phi) is 5.07. The number of hydrogen-bond acceptors (Lipinski definition) is 4. The lowest BCUT2D eigenvalue weighted by atomic mass is 10.1. The van der Waals surface area contributed by atoms with E-state index in [1.54, 1.807) is 6.92 Å². The SMILES string of the molecule is CC(=O)C1CCN(CCNCCO)C1. The van der Waals surface area contributed by atoms with Crippen molar-refractivity contribution in [3.63, 3.8) is 0 Å². The average molecular weight is 200 g/mol. The molecule has 4 nitrogen and oxygen atoms in total. The second-order valence-corrected chi connectivity index (χ2v) is 3.87. The van der Waals surface area contributed by atoms with Gasteiger partial charge in [-0.3, -0.25) is 4.79 Å². The van der Waals surface area contributed by atoms with Crippen LogP contribution in [0.4, 0.5) is 0 Å². The summed E-state index contributed by atoms with van der Waals surface area (Å²) in [6.45, 7) is 6.34. The van der Waals surface area contributed by atoms with Crippen molar-refractivity contribution in [1.82, 2.24) is 10.2 Å². The normalized spacial score (nSPS) is 22.9. The number of ketones is 1. The molecule has 1 saturated heterocycles. The Balaban J connectivity index is 2.07. The van der Waals surface area contributed by atoms with Crippen LogP contribution in [0.3, 0.4) is 0 Å². The summed E-state index contributed by atoms with van der Waals surface area (Å²) in [6.07, 6.45) is 1.01. The Morgan fingerprint density at radius 3 is 2.93 bits per heavy atom. The van der Waals surface area contributed by atoms with Crippen LogP contribution in [-0.4, -0.2) is 55.1 Å². The summed E-state index contributed by atoms with van der Waals surface area (Å²) in [5.41, 5.74) is 0. The highest BCUT2D eigenvalue weighted by Gasteiger charge is 2.24. The van der Waals surface area contributed by atoms with E-state index in [1.807, 2.05) is 0 Å². The minimum Gasteiger partial charge on any atom is -0.395 e. The van der Waals surface area contributed by atoms with Gasteiger partial charge in [0.25, 0.3) is 0 Å². The highest BCUT2D eigenvalue weighted by atomic mass is 16.3. The van der Waals surface area contributed by atoms with Crippen LogP contribution < -0.4 is 5.32 Å². The first-order valence-electron chi connectivity index (χ1n) is 5.28.